The quantitative estimate of drug-likeness (QED) is 0.792. The Bertz CT molecular complexity index is 482. The first kappa shape index (κ1) is 13.0. The largest absolute Gasteiger partial charge is 0.381 e. The minimum atomic E-state index is 0.451. The van der Waals surface area contributed by atoms with Crippen LogP contribution in [-0.4, -0.2) is 6.04 Å². The molecule has 0 heterocycles. The second-order valence-electron chi connectivity index (χ2n) is 7.57. The highest BCUT2D eigenvalue weighted by Crippen LogP contribution is 2.65. The number of hydrogen-bond acceptors (Lipinski definition) is 1. The molecule has 0 spiro atoms. The van der Waals surface area contributed by atoms with E-state index in [2.05, 4.69) is 58.1 Å². The van der Waals surface area contributed by atoms with Gasteiger partial charge in [0, 0.05) is 11.7 Å². The molecule has 0 aromatic heterocycles. The van der Waals surface area contributed by atoms with Gasteiger partial charge in [-0.15, -0.1) is 0 Å². The normalized spacial score (nSPS) is 35.6. The third kappa shape index (κ3) is 1.67. The molecular weight excluding hydrogens is 230 g/mol. The molecular formula is C18H27N. The van der Waals surface area contributed by atoms with Crippen molar-refractivity contribution in [2.24, 2.45) is 16.7 Å². The Morgan fingerprint density at radius 3 is 2.21 bits per heavy atom. The first-order chi connectivity index (χ1) is 8.86. The maximum Gasteiger partial charge on any atom is 0.0401 e. The van der Waals surface area contributed by atoms with E-state index in [1.165, 1.54) is 36.1 Å². The van der Waals surface area contributed by atoms with Crippen LogP contribution in [0.2, 0.25) is 0 Å². The Morgan fingerprint density at radius 1 is 1.11 bits per heavy atom. The van der Waals surface area contributed by atoms with E-state index in [9.17, 15) is 0 Å². The van der Waals surface area contributed by atoms with E-state index in [0.717, 1.165) is 5.92 Å². The van der Waals surface area contributed by atoms with Gasteiger partial charge in [0.2, 0.25) is 0 Å². The molecule has 0 saturated heterocycles. The van der Waals surface area contributed by atoms with Crippen molar-refractivity contribution >= 4 is 5.69 Å². The van der Waals surface area contributed by atoms with Gasteiger partial charge in [-0.1, -0.05) is 39.0 Å². The van der Waals surface area contributed by atoms with Crippen molar-refractivity contribution in [2.45, 2.75) is 59.9 Å². The van der Waals surface area contributed by atoms with Crippen LogP contribution in [0.15, 0.2) is 18.2 Å². The Hall–Kier alpha value is -0.980. The molecule has 104 valence electrons. The zero-order chi connectivity index (χ0) is 13.8. The maximum atomic E-state index is 3.90. The summed E-state index contributed by atoms with van der Waals surface area (Å²) >= 11 is 0. The van der Waals surface area contributed by atoms with Crippen LogP contribution in [0.25, 0.3) is 0 Å². The summed E-state index contributed by atoms with van der Waals surface area (Å²) in [6.45, 7) is 11.9. The molecule has 2 aliphatic rings. The van der Waals surface area contributed by atoms with Gasteiger partial charge in [0.1, 0.15) is 0 Å². The van der Waals surface area contributed by atoms with Crippen molar-refractivity contribution in [1.29, 1.82) is 0 Å². The molecule has 3 unspecified atom stereocenters. The second kappa shape index (κ2) is 4.01. The van der Waals surface area contributed by atoms with Gasteiger partial charge < -0.3 is 5.32 Å². The third-order valence-corrected chi connectivity index (χ3v) is 6.59. The van der Waals surface area contributed by atoms with Crippen molar-refractivity contribution < 1.29 is 0 Å². The van der Waals surface area contributed by atoms with Crippen molar-refractivity contribution in [2.75, 3.05) is 5.32 Å². The first-order valence-electron chi connectivity index (χ1n) is 7.69. The van der Waals surface area contributed by atoms with E-state index >= 15 is 0 Å². The number of hydrogen-bond donors (Lipinski definition) is 1. The average molecular weight is 257 g/mol. The summed E-state index contributed by atoms with van der Waals surface area (Å²) in [6.07, 6.45) is 4.15. The summed E-state index contributed by atoms with van der Waals surface area (Å²) in [5.74, 6) is 0.902. The van der Waals surface area contributed by atoms with Gasteiger partial charge in [0.05, 0.1) is 0 Å². The summed E-state index contributed by atoms with van der Waals surface area (Å²) < 4.78 is 0. The Balaban J connectivity index is 1.90. The fraction of sp³-hybridized carbons (Fsp3) is 0.667. The Kier molecular flexibility index (Phi) is 2.75. The van der Waals surface area contributed by atoms with E-state index in [-0.39, 0.29) is 0 Å². The molecule has 1 N–H and O–H groups in total. The SMILES string of the molecule is Cc1cccc(C)c1NC1CC2CCC1(C)C2(C)C. The molecule has 1 nitrogen and oxygen atoms in total. The predicted octanol–water partition coefficient (Wildman–Crippen LogP) is 4.93. The van der Waals surface area contributed by atoms with Gasteiger partial charge in [0.25, 0.3) is 0 Å². The number of fused-ring (bicyclic) bond motifs is 2. The van der Waals surface area contributed by atoms with Crippen molar-refractivity contribution in [3.8, 4) is 0 Å². The standard InChI is InChI=1S/C18H27N/c1-12-7-6-8-13(2)16(12)19-15-11-14-9-10-18(15,5)17(14,3)4/h6-8,14-15,19H,9-11H2,1-5H3. The molecule has 19 heavy (non-hydrogen) atoms. The van der Waals surface area contributed by atoms with Gasteiger partial charge in [0.15, 0.2) is 0 Å². The average Bonchev–Trinajstić information content (AvgIpc) is 2.67. The topological polar surface area (TPSA) is 12.0 Å². The molecule has 2 saturated carbocycles. The Labute approximate surface area is 117 Å². The maximum absolute atomic E-state index is 3.90. The Morgan fingerprint density at radius 2 is 1.74 bits per heavy atom. The molecule has 0 radical (unpaired) electrons. The van der Waals surface area contributed by atoms with E-state index in [0.29, 0.717) is 16.9 Å². The summed E-state index contributed by atoms with van der Waals surface area (Å²) in [5, 5.41) is 3.90. The molecule has 3 rings (SSSR count). The van der Waals surface area contributed by atoms with Gasteiger partial charge in [-0.2, -0.15) is 0 Å². The van der Waals surface area contributed by atoms with Crippen LogP contribution in [0.3, 0.4) is 0 Å². The fourth-order valence-corrected chi connectivity index (χ4v) is 4.64. The molecule has 1 heteroatoms. The predicted molar refractivity (Wildman–Crippen MR) is 82.6 cm³/mol. The van der Waals surface area contributed by atoms with E-state index in [1.54, 1.807) is 0 Å². The lowest BCUT2D eigenvalue weighted by Crippen LogP contribution is -2.40. The van der Waals surface area contributed by atoms with Gasteiger partial charge in [-0.25, -0.2) is 0 Å². The summed E-state index contributed by atoms with van der Waals surface area (Å²) in [5.41, 5.74) is 5.07. The third-order valence-electron chi connectivity index (χ3n) is 6.59. The van der Waals surface area contributed by atoms with Crippen LogP contribution in [0, 0.1) is 30.6 Å². The van der Waals surface area contributed by atoms with Crippen LogP contribution in [0.5, 0.6) is 0 Å². The highest BCUT2D eigenvalue weighted by atomic mass is 15.0. The minimum Gasteiger partial charge on any atom is -0.381 e. The van der Waals surface area contributed by atoms with Crippen LogP contribution >= 0.6 is 0 Å². The lowest BCUT2D eigenvalue weighted by Gasteiger charge is -2.40. The smallest absolute Gasteiger partial charge is 0.0401 e. The van der Waals surface area contributed by atoms with E-state index < -0.39 is 0 Å². The molecule has 1 aromatic carbocycles. The summed E-state index contributed by atoms with van der Waals surface area (Å²) in [6, 6.07) is 7.23. The van der Waals surface area contributed by atoms with Crippen molar-refractivity contribution in [1.82, 2.24) is 0 Å². The second-order valence-corrected chi connectivity index (χ2v) is 7.57. The van der Waals surface area contributed by atoms with E-state index in [1.807, 2.05) is 0 Å². The van der Waals surface area contributed by atoms with Gasteiger partial charge in [-0.05, 0) is 61.0 Å². The zero-order valence-electron chi connectivity index (χ0n) is 13.0. The number of anilines is 1. The fourth-order valence-electron chi connectivity index (χ4n) is 4.64. The number of rotatable bonds is 2. The summed E-state index contributed by atoms with van der Waals surface area (Å²) in [4.78, 5) is 0. The van der Waals surface area contributed by atoms with Crippen LogP contribution in [0.1, 0.15) is 51.2 Å². The number of benzene rings is 1. The monoisotopic (exact) mass is 257 g/mol. The van der Waals surface area contributed by atoms with Crippen molar-refractivity contribution in [3.05, 3.63) is 29.3 Å². The molecule has 2 aliphatic carbocycles. The minimum absolute atomic E-state index is 0.451. The number of para-hydroxylation sites is 1. The lowest BCUT2D eigenvalue weighted by molar-refractivity contribution is 0.142. The molecule has 2 bridgehead atoms. The molecule has 0 amide bonds. The molecule has 2 fully saturated rings. The molecule has 1 aromatic rings. The molecule has 0 aliphatic heterocycles. The molecule has 3 atom stereocenters. The highest BCUT2D eigenvalue weighted by Gasteiger charge is 2.61. The van der Waals surface area contributed by atoms with Crippen LogP contribution in [-0.2, 0) is 0 Å². The first-order valence-corrected chi connectivity index (χ1v) is 7.69. The van der Waals surface area contributed by atoms with E-state index in [4.69, 9.17) is 0 Å². The number of aryl methyl sites for hydroxylation is 2. The van der Waals surface area contributed by atoms with Crippen LogP contribution < -0.4 is 5.32 Å². The van der Waals surface area contributed by atoms with Gasteiger partial charge in [-0.3, -0.25) is 0 Å². The van der Waals surface area contributed by atoms with Gasteiger partial charge >= 0.3 is 0 Å². The van der Waals surface area contributed by atoms with Crippen molar-refractivity contribution in [3.63, 3.8) is 0 Å². The van der Waals surface area contributed by atoms with Crippen LogP contribution in [0.4, 0.5) is 5.69 Å². The summed E-state index contributed by atoms with van der Waals surface area (Å²) in [7, 11) is 0. The number of nitrogens with one attached hydrogen (secondary N) is 1. The highest BCUT2D eigenvalue weighted by molar-refractivity contribution is 5.57. The zero-order valence-corrected chi connectivity index (χ0v) is 13.0. The lowest BCUT2D eigenvalue weighted by atomic mass is 9.69.